The minimum Gasteiger partial charge on any atom is -0.382 e. The zero-order valence-corrected chi connectivity index (χ0v) is 10.7. The Bertz CT molecular complexity index is 545. The van der Waals surface area contributed by atoms with Gasteiger partial charge in [-0.15, -0.1) is 0 Å². The number of aromatic nitrogens is 2. The van der Waals surface area contributed by atoms with Crippen LogP contribution in [0.15, 0.2) is 22.7 Å². The van der Waals surface area contributed by atoms with Crippen molar-refractivity contribution in [1.29, 1.82) is 0 Å². The number of nitrogens with zero attached hydrogens (tertiary/aromatic N) is 2. The maximum Gasteiger partial charge on any atom is 0.150 e. The number of nitrogens with two attached hydrogens (primary N) is 2. The Morgan fingerprint density at radius 3 is 2.50 bits per heavy atom. The van der Waals surface area contributed by atoms with Gasteiger partial charge >= 0.3 is 0 Å². The van der Waals surface area contributed by atoms with E-state index in [9.17, 15) is 0 Å². The summed E-state index contributed by atoms with van der Waals surface area (Å²) in [4.78, 5) is 4.35. The number of rotatable bonds is 1. The first kappa shape index (κ1) is 11.0. The van der Waals surface area contributed by atoms with E-state index in [0.717, 1.165) is 10.0 Å². The predicted molar refractivity (Wildman–Crippen MR) is 69.4 cm³/mol. The lowest BCUT2D eigenvalue weighted by atomic mass is 10.1. The van der Waals surface area contributed by atoms with Gasteiger partial charge in [0.15, 0.2) is 5.82 Å². The van der Waals surface area contributed by atoms with Gasteiger partial charge in [0.25, 0.3) is 0 Å². The Labute approximate surface area is 102 Å². The Morgan fingerprint density at radius 2 is 2.00 bits per heavy atom. The van der Waals surface area contributed by atoms with Crippen molar-refractivity contribution in [3.05, 3.63) is 34.1 Å². The molecule has 0 saturated carbocycles. The van der Waals surface area contributed by atoms with Crippen LogP contribution in [-0.4, -0.2) is 9.66 Å². The third-order valence-electron chi connectivity index (χ3n) is 2.50. The van der Waals surface area contributed by atoms with Gasteiger partial charge < -0.3 is 11.6 Å². The second kappa shape index (κ2) is 3.83. The van der Waals surface area contributed by atoms with Crippen LogP contribution in [0.2, 0.25) is 0 Å². The fourth-order valence-electron chi connectivity index (χ4n) is 1.57. The van der Waals surface area contributed by atoms with Crippen molar-refractivity contribution in [3.8, 4) is 11.3 Å². The van der Waals surface area contributed by atoms with Crippen molar-refractivity contribution in [2.24, 2.45) is 0 Å². The molecular weight excluding hydrogens is 268 g/mol. The van der Waals surface area contributed by atoms with E-state index in [4.69, 9.17) is 11.6 Å². The molecule has 2 rings (SSSR count). The van der Waals surface area contributed by atoms with Crippen LogP contribution in [0, 0.1) is 13.8 Å². The maximum atomic E-state index is 5.90. The van der Waals surface area contributed by atoms with E-state index in [2.05, 4.69) is 20.9 Å². The van der Waals surface area contributed by atoms with Crippen LogP contribution in [-0.2, 0) is 0 Å². The molecule has 0 aliphatic heterocycles. The highest BCUT2D eigenvalue weighted by Gasteiger charge is 2.14. The normalized spacial score (nSPS) is 10.7. The number of aryl methyl sites for hydroxylation is 2. The average molecular weight is 281 g/mol. The molecule has 84 valence electrons. The first-order chi connectivity index (χ1) is 7.50. The Hall–Kier alpha value is -1.49. The fraction of sp³-hybridized carbons (Fsp3) is 0.182. The standard InChI is InChI=1S/C11H13BrN4/c1-6-3-4-8(9(12)5-6)10-11(13)16(14)7(2)15-10/h3-5H,13-14H2,1-2H3. The molecule has 16 heavy (non-hydrogen) atoms. The minimum atomic E-state index is 0.474. The second-order valence-corrected chi connectivity index (χ2v) is 4.60. The third kappa shape index (κ3) is 1.67. The average Bonchev–Trinajstić information content (AvgIpc) is 2.46. The molecule has 0 spiro atoms. The van der Waals surface area contributed by atoms with E-state index < -0.39 is 0 Å². The third-order valence-corrected chi connectivity index (χ3v) is 3.16. The Kier molecular flexibility index (Phi) is 2.63. The van der Waals surface area contributed by atoms with Crippen LogP contribution in [0.5, 0.6) is 0 Å². The summed E-state index contributed by atoms with van der Waals surface area (Å²) in [5.41, 5.74) is 8.74. The van der Waals surface area contributed by atoms with E-state index in [1.165, 1.54) is 10.2 Å². The van der Waals surface area contributed by atoms with Gasteiger partial charge in [0.1, 0.15) is 11.5 Å². The monoisotopic (exact) mass is 280 g/mol. The number of halogens is 1. The quantitative estimate of drug-likeness (QED) is 0.787. The van der Waals surface area contributed by atoms with Gasteiger partial charge in [0.2, 0.25) is 0 Å². The predicted octanol–water partition coefficient (Wildman–Crippen LogP) is 2.23. The molecule has 1 aromatic carbocycles. The van der Waals surface area contributed by atoms with E-state index in [-0.39, 0.29) is 0 Å². The highest BCUT2D eigenvalue weighted by molar-refractivity contribution is 9.10. The van der Waals surface area contributed by atoms with E-state index in [0.29, 0.717) is 17.3 Å². The highest BCUT2D eigenvalue weighted by atomic mass is 79.9. The zero-order chi connectivity index (χ0) is 11.9. The largest absolute Gasteiger partial charge is 0.382 e. The van der Waals surface area contributed by atoms with Gasteiger partial charge in [0.05, 0.1) is 0 Å². The summed E-state index contributed by atoms with van der Waals surface area (Å²) in [6.07, 6.45) is 0. The highest BCUT2D eigenvalue weighted by Crippen LogP contribution is 2.31. The molecular formula is C11H13BrN4. The topological polar surface area (TPSA) is 69.9 Å². The molecule has 0 amide bonds. The Morgan fingerprint density at radius 1 is 1.31 bits per heavy atom. The zero-order valence-electron chi connectivity index (χ0n) is 9.16. The lowest BCUT2D eigenvalue weighted by molar-refractivity contribution is 0.937. The van der Waals surface area contributed by atoms with Gasteiger partial charge in [0, 0.05) is 10.0 Å². The van der Waals surface area contributed by atoms with E-state index in [1.807, 2.05) is 32.0 Å². The summed E-state index contributed by atoms with van der Waals surface area (Å²) in [5.74, 6) is 6.90. The molecule has 0 bridgehead atoms. The van der Waals surface area contributed by atoms with Crippen LogP contribution in [0.1, 0.15) is 11.4 Å². The molecule has 5 heteroatoms. The number of hydrogen-bond donors (Lipinski definition) is 2. The maximum absolute atomic E-state index is 5.90. The summed E-state index contributed by atoms with van der Waals surface area (Å²) in [6, 6.07) is 6.03. The van der Waals surface area contributed by atoms with Crippen LogP contribution in [0.25, 0.3) is 11.3 Å². The molecule has 0 atom stereocenters. The fourth-order valence-corrected chi connectivity index (χ4v) is 2.25. The first-order valence-electron chi connectivity index (χ1n) is 4.87. The molecule has 1 heterocycles. The molecule has 0 unspecified atom stereocenters. The van der Waals surface area contributed by atoms with Crippen LogP contribution in [0.3, 0.4) is 0 Å². The number of nitrogen functional groups attached to an aromatic ring is 2. The van der Waals surface area contributed by atoms with Crippen LogP contribution in [0.4, 0.5) is 5.82 Å². The lowest BCUT2D eigenvalue weighted by Crippen LogP contribution is -2.13. The summed E-state index contributed by atoms with van der Waals surface area (Å²) >= 11 is 3.51. The number of benzene rings is 1. The summed E-state index contributed by atoms with van der Waals surface area (Å²) < 4.78 is 2.36. The van der Waals surface area contributed by atoms with Gasteiger partial charge in [-0.2, -0.15) is 0 Å². The van der Waals surface area contributed by atoms with Gasteiger partial charge in [-0.1, -0.05) is 28.1 Å². The molecule has 4 N–H and O–H groups in total. The van der Waals surface area contributed by atoms with Crippen molar-refractivity contribution in [3.63, 3.8) is 0 Å². The summed E-state index contributed by atoms with van der Waals surface area (Å²) in [7, 11) is 0. The number of hydrogen-bond acceptors (Lipinski definition) is 3. The minimum absolute atomic E-state index is 0.474. The first-order valence-corrected chi connectivity index (χ1v) is 5.66. The molecule has 0 radical (unpaired) electrons. The Balaban J connectivity index is 2.63. The number of imidazole rings is 1. The molecule has 0 fully saturated rings. The van der Waals surface area contributed by atoms with E-state index in [1.54, 1.807) is 0 Å². The second-order valence-electron chi connectivity index (χ2n) is 3.75. The summed E-state index contributed by atoms with van der Waals surface area (Å²) in [5, 5.41) is 0. The summed E-state index contributed by atoms with van der Waals surface area (Å²) in [6.45, 7) is 3.85. The van der Waals surface area contributed by atoms with Gasteiger partial charge in [-0.05, 0) is 25.5 Å². The molecule has 2 aromatic rings. The lowest BCUT2D eigenvalue weighted by Gasteiger charge is -2.04. The van der Waals surface area contributed by atoms with E-state index >= 15 is 0 Å². The molecule has 1 aromatic heterocycles. The van der Waals surface area contributed by atoms with Gasteiger partial charge in [-0.25, -0.2) is 9.66 Å². The van der Waals surface area contributed by atoms with Crippen molar-refractivity contribution in [2.45, 2.75) is 13.8 Å². The van der Waals surface area contributed by atoms with Gasteiger partial charge in [-0.3, -0.25) is 0 Å². The van der Waals surface area contributed by atoms with Crippen LogP contribution >= 0.6 is 15.9 Å². The van der Waals surface area contributed by atoms with Crippen LogP contribution < -0.4 is 11.6 Å². The van der Waals surface area contributed by atoms with Crippen molar-refractivity contribution in [1.82, 2.24) is 9.66 Å². The number of anilines is 1. The van der Waals surface area contributed by atoms with Crippen molar-refractivity contribution < 1.29 is 0 Å². The molecule has 0 saturated heterocycles. The molecule has 0 aliphatic carbocycles. The molecule has 0 aliphatic rings. The SMILES string of the molecule is Cc1ccc(-c2nc(C)n(N)c2N)c(Br)c1. The smallest absolute Gasteiger partial charge is 0.150 e. The molecule has 4 nitrogen and oxygen atoms in total. The van der Waals surface area contributed by atoms with Crippen molar-refractivity contribution >= 4 is 21.7 Å². The van der Waals surface area contributed by atoms with Crippen molar-refractivity contribution in [2.75, 3.05) is 11.6 Å².